The van der Waals surface area contributed by atoms with Gasteiger partial charge in [0.25, 0.3) is 0 Å². The van der Waals surface area contributed by atoms with E-state index in [1.807, 2.05) is 42.1 Å². The molecule has 1 aromatic carbocycles. The zero-order valence-corrected chi connectivity index (χ0v) is 11.4. The summed E-state index contributed by atoms with van der Waals surface area (Å²) < 4.78 is 7.44. The second-order valence-electron chi connectivity index (χ2n) is 4.59. The fourth-order valence-electron chi connectivity index (χ4n) is 1.89. The number of hydrogen-bond donors (Lipinski definition) is 1. The summed E-state index contributed by atoms with van der Waals surface area (Å²) in [5.74, 6) is 1.72. The lowest BCUT2D eigenvalue weighted by atomic mass is 10.1. The second kappa shape index (κ2) is 6.38. The quantitative estimate of drug-likeness (QED) is 0.868. The van der Waals surface area contributed by atoms with Crippen LogP contribution in [0.3, 0.4) is 0 Å². The Hall–Kier alpha value is -1.81. The Labute approximate surface area is 113 Å². The molecular weight excluding hydrogens is 240 g/mol. The zero-order valence-electron chi connectivity index (χ0n) is 11.4. The SMILES string of the molecule is CCCOc1ccc(C(O)Cc2nccn2C)cc1. The van der Waals surface area contributed by atoms with Crippen LogP contribution in [0.15, 0.2) is 36.7 Å². The summed E-state index contributed by atoms with van der Waals surface area (Å²) in [5.41, 5.74) is 0.881. The highest BCUT2D eigenvalue weighted by Gasteiger charge is 2.11. The lowest BCUT2D eigenvalue weighted by Gasteiger charge is -2.12. The van der Waals surface area contributed by atoms with Crippen molar-refractivity contribution >= 4 is 0 Å². The first-order chi connectivity index (χ1) is 9.20. The van der Waals surface area contributed by atoms with E-state index in [0.29, 0.717) is 6.42 Å². The number of nitrogens with zero attached hydrogens (tertiary/aromatic N) is 2. The molecule has 0 saturated heterocycles. The Balaban J connectivity index is 1.99. The third-order valence-electron chi connectivity index (χ3n) is 3.03. The van der Waals surface area contributed by atoms with E-state index in [4.69, 9.17) is 4.74 Å². The topological polar surface area (TPSA) is 47.3 Å². The van der Waals surface area contributed by atoms with Crippen LogP contribution in [0.25, 0.3) is 0 Å². The minimum Gasteiger partial charge on any atom is -0.494 e. The van der Waals surface area contributed by atoms with Crippen molar-refractivity contribution in [1.82, 2.24) is 9.55 Å². The largest absolute Gasteiger partial charge is 0.494 e. The van der Waals surface area contributed by atoms with Crippen molar-refractivity contribution in [2.24, 2.45) is 7.05 Å². The molecule has 1 atom stereocenters. The van der Waals surface area contributed by atoms with Crippen molar-refractivity contribution in [1.29, 1.82) is 0 Å². The summed E-state index contributed by atoms with van der Waals surface area (Å²) in [5, 5.41) is 10.2. The van der Waals surface area contributed by atoms with E-state index >= 15 is 0 Å². The molecule has 4 heteroatoms. The van der Waals surface area contributed by atoms with Crippen molar-refractivity contribution < 1.29 is 9.84 Å². The molecule has 0 saturated carbocycles. The number of hydrogen-bond acceptors (Lipinski definition) is 3. The maximum Gasteiger partial charge on any atom is 0.119 e. The van der Waals surface area contributed by atoms with Crippen molar-refractivity contribution in [3.05, 3.63) is 48.0 Å². The number of aliphatic hydroxyl groups is 1. The molecule has 1 N–H and O–H groups in total. The monoisotopic (exact) mass is 260 g/mol. The number of aryl methyl sites for hydroxylation is 1. The molecule has 1 unspecified atom stereocenters. The lowest BCUT2D eigenvalue weighted by molar-refractivity contribution is 0.174. The molecule has 102 valence electrons. The van der Waals surface area contributed by atoms with Gasteiger partial charge in [-0.15, -0.1) is 0 Å². The molecule has 1 aromatic heterocycles. The third kappa shape index (κ3) is 3.58. The van der Waals surface area contributed by atoms with Gasteiger partial charge in [0, 0.05) is 25.9 Å². The van der Waals surface area contributed by atoms with Crippen molar-refractivity contribution in [3.8, 4) is 5.75 Å². The Morgan fingerprint density at radius 2 is 2.05 bits per heavy atom. The van der Waals surface area contributed by atoms with E-state index in [0.717, 1.165) is 30.2 Å². The van der Waals surface area contributed by atoms with Crippen molar-refractivity contribution in [2.45, 2.75) is 25.9 Å². The number of aliphatic hydroxyl groups excluding tert-OH is 1. The van der Waals surface area contributed by atoms with E-state index in [1.54, 1.807) is 6.20 Å². The summed E-state index contributed by atoms with van der Waals surface area (Å²) >= 11 is 0. The first-order valence-corrected chi connectivity index (χ1v) is 6.57. The Morgan fingerprint density at radius 3 is 2.63 bits per heavy atom. The van der Waals surface area contributed by atoms with Gasteiger partial charge in [0.05, 0.1) is 12.7 Å². The highest BCUT2D eigenvalue weighted by Crippen LogP contribution is 2.20. The Kier molecular flexibility index (Phi) is 4.58. The molecule has 0 aliphatic carbocycles. The summed E-state index contributed by atoms with van der Waals surface area (Å²) in [6.45, 7) is 2.79. The number of rotatable bonds is 6. The van der Waals surface area contributed by atoms with E-state index in [2.05, 4.69) is 11.9 Å². The van der Waals surface area contributed by atoms with Crippen LogP contribution in [0, 0.1) is 0 Å². The fraction of sp³-hybridized carbons (Fsp3) is 0.400. The van der Waals surface area contributed by atoms with Crippen LogP contribution >= 0.6 is 0 Å². The summed E-state index contributed by atoms with van der Waals surface area (Å²) in [4.78, 5) is 4.22. The van der Waals surface area contributed by atoms with Gasteiger partial charge in [-0.2, -0.15) is 0 Å². The molecule has 19 heavy (non-hydrogen) atoms. The summed E-state index contributed by atoms with van der Waals surface area (Å²) in [7, 11) is 1.93. The average Bonchev–Trinajstić information content (AvgIpc) is 2.82. The molecule has 4 nitrogen and oxygen atoms in total. The van der Waals surface area contributed by atoms with E-state index < -0.39 is 6.10 Å². The molecule has 0 aliphatic rings. The van der Waals surface area contributed by atoms with E-state index in [1.165, 1.54) is 0 Å². The number of imidazole rings is 1. The van der Waals surface area contributed by atoms with Crippen LogP contribution in [0.1, 0.15) is 30.8 Å². The van der Waals surface area contributed by atoms with E-state index in [-0.39, 0.29) is 0 Å². The first-order valence-electron chi connectivity index (χ1n) is 6.57. The minimum absolute atomic E-state index is 0.513. The molecule has 0 bridgehead atoms. The van der Waals surface area contributed by atoms with E-state index in [9.17, 15) is 5.11 Å². The molecule has 2 aromatic rings. The molecule has 0 amide bonds. The fourth-order valence-corrected chi connectivity index (χ4v) is 1.89. The van der Waals surface area contributed by atoms with Crippen LogP contribution in [-0.2, 0) is 13.5 Å². The molecule has 1 heterocycles. The summed E-state index contributed by atoms with van der Waals surface area (Å²) in [6.07, 6.45) is 4.58. The Bertz CT molecular complexity index is 505. The molecule has 0 aliphatic heterocycles. The maximum absolute atomic E-state index is 10.2. The van der Waals surface area contributed by atoms with Crippen LogP contribution in [-0.4, -0.2) is 21.3 Å². The minimum atomic E-state index is -0.540. The smallest absolute Gasteiger partial charge is 0.119 e. The molecule has 0 spiro atoms. The Morgan fingerprint density at radius 1 is 1.32 bits per heavy atom. The normalized spacial score (nSPS) is 12.4. The molecule has 0 radical (unpaired) electrons. The average molecular weight is 260 g/mol. The molecule has 2 rings (SSSR count). The standard InChI is InChI=1S/C15H20N2O2/c1-3-10-19-13-6-4-12(5-7-13)14(18)11-15-16-8-9-17(15)2/h4-9,14,18H,3,10-11H2,1-2H3. The van der Waals surface area contributed by atoms with Gasteiger partial charge in [-0.05, 0) is 24.1 Å². The highest BCUT2D eigenvalue weighted by molar-refractivity contribution is 5.28. The van der Waals surface area contributed by atoms with Gasteiger partial charge in [-0.1, -0.05) is 19.1 Å². The van der Waals surface area contributed by atoms with Crippen LogP contribution in [0.2, 0.25) is 0 Å². The lowest BCUT2D eigenvalue weighted by Crippen LogP contribution is -2.06. The van der Waals surface area contributed by atoms with Gasteiger partial charge < -0.3 is 14.4 Å². The van der Waals surface area contributed by atoms with Crippen LogP contribution in [0.4, 0.5) is 0 Å². The van der Waals surface area contributed by atoms with Gasteiger partial charge in [-0.3, -0.25) is 0 Å². The summed E-state index contributed by atoms with van der Waals surface area (Å²) in [6, 6.07) is 7.59. The zero-order chi connectivity index (χ0) is 13.7. The van der Waals surface area contributed by atoms with Gasteiger partial charge in [-0.25, -0.2) is 4.98 Å². The second-order valence-corrected chi connectivity index (χ2v) is 4.59. The highest BCUT2D eigenvalue weighted by atomic mass is 16.5. The predicted molar refractivity (Wildman–Crippen MR) is 74.1 cm³/mol. The molecular formula is C15H20N2O2. The van der Waals surface area contributed by atoms with Gasteiger partial charge in [0.1, 0.15) is 11.6 Å². The number of aromatic nitrogens is 2. The van der Waals surface area contributed by atoms with Crippen molar-refractivity contribution in [3.63, 3.8) is 0 Å². The number of benzene rings is 1. The van der Waals surface area contributed by atoms with Gasteiger partial charge >= 0.3 is 0 Å². The van der Waals surface area contributed by atoms with Crippen LogP contribution in [0.5, 0.6) is 5.75 Å². The third-order valence-corrected chi connectivity index (χ3v) is 3.03. The van der Waals surface area contributed by atoms with Gasteiger partial charge in [0.15, 0.2) is 0 Å². The maximum atomic E-state index is 10.2. The first kappa shape index (κ1) is 13.6. The predicted octanol–water partition coefficient (Wildman–Crippen LogP) is 2.49. The number of ether oxygens (including phenoxy) is 1. The van der Waals surface area contributed by atoms with Crippen LogP contribution < -0.4 is 4.74 Å². The van der Waals surface area contributed by atoms with Gasteiger partial charge in [0.2, 0.25) is 0 Å². The molecule has 0 fully saturated rings. The van der Waals surface area contributed by atoms with Crippen molar-refractivity contribution in [2.75, 3.05) is 6.61 Å².